The molecule has 0 radical (unpaired) electrons. The zero-order chi connectivity index (χ0) is 23.1. The van der Waals surface area contributed by atoms with Crippen molar-refractivity contribution >= 4 is 40.6 Å². The molecular formula is C20H22F3N3O3S. The van der Waals surface area contributed by atoms with Crippen LogP contribution in [0.3, 0.4) is 0 Å². The molecule has 1 amide bonds. The molecule has 0 bridgehead atoms. The van der Waals surface area contributed by atoms with Crippen molar-refractivity contribution in [1.82, 2.24) is 5.32 Å². The van der Waals surface area contributed by atoms with E-state index in [0.29, 0.717) is 11.3 Å². The molecule has 0 heterocycles. The molecular weight excluding hydrogens is 419 g/mol. The number of benzene rings is 2. The number of hydrogen-bond acceptors (Lipinski definition) is 4. The second kappa shape index (κ2) is 10.1. The third-order valence-corrected chi connectivity index (χ3v) is 3.86. The van der Waals surface area contributed by atoms with Gasteiger partial charge in [-0.3, -0.25) is 10.1 Å². The molecule has 0 saturated heterocycles. The van der Waals surface area contributed by atoms with Crippen LogP contribution in [0.25, 0.3) is 0 Å². The van der Waals surface area contributed by atoms with Crippen molar-refractivity contribution in [3.05, 3.63) is 59.7 Å². The average molecular weight is 441 g/mol. The topological polar surface area (TPSA) is 104 Å². The molecule has 0 aliphatic rings. The van der Waals surface area contributed by atoms with Gasteiger partial charge in [-0.2, -0.15) is 13.2 Å². The molecule has 2 aromatic rings. The first-order valence-corrected chi connectivity index (χ1v) is 8.99. The summed E-state index contributed by atoms with van der Waals surface area (Å²) in [7, 11) is 0. The fraction of sp³-hybridized carbons (Fsp3) is 0.250. The summed E-state index contributed by atoms with van der Waals surface area (Å²) in [6, 6.07) is 14.7. The summed E-state index contributed by atoms with van der Waals surface area (Å²) in [5, 5.41) is 13.0. The Balaban J connectivity index is 0.000000553. The molecule has 0 spiro atoms. The van der Waals surface area contributed by atoms with Crippen molar-refractivity contribution in [1.29, 1.82) is 0 Å². The Morgan fingerprint density at radius 1 is 0.967 bits per heavy atom. The highest BCUT2D eigenvalue weighted by atomic mass is 32.1. The quantitative estimate of drug-likeness (QED) is 0.409. The second-order valence-corrected chi connectivity index (χ2v) is 7.57. The molecule has 6 nitrogen and oxygen atoms in total. The van der Waals surface area contributed by atoms with Gasteiger partial charge in [0.15, 0.2) is 5.11 Å². The van der Waals surface area contributed by atoms with Gasteiger partial charge in [0, 0.05) is 16.9 Å². The zero-order valence-corrected chi connectivity index (χ0v) is 17.3. The maximum absolute atomic E-state index is 12.2. The van der Waals surface area contributed by atoms with E-state index in [1.165, 1.54) is 5.56 Å². The highest BCUT2D eigenvalue weighted by molar-refractivity contribution is 7.80. The van der Waals surface area contributed by atoms with E-state index in [0.717, 1.165) is 5.69 Å². The smallest absolute Gasteiger partial charge is 0.475 e. The van der Waals surface area contributed by atoms with E-state index in [1.54, 1.807) is 24.3 Å². The summed E-state index contributed by atoms with van der Waals surface area (Å²) >= 11 is 5.16. The number of nitrogens with one attached hydrogen (secondary N) is 2. The minimum absolute atomic E-state index is 0.0566. The number of carbonyl (C=O) groups excluding carboxylic acids is 1. The Kier molecular flexibility index (Phi) is 8.35. The molecule has 0 fully saturated rings. The first-order chi connectivity index (χ1) is 13.7. The summed E-state index contributed by atoms with van der Waals surface area (Å²) in [5.74, 6) is -2.99. The summed E-state index contributed by atoms with van der Waals surface area (Å²) in [4.78, 5) is 21.1. The number of nitrogens with two attached hydrogens (primary N) is 1. The van der Waals surface area contributed by atoms with Gasteiger partial charge in [-0.05, 0) is 59.6 Å². The lowest BCUT2D eigenvalue weighted by Crippen LogP contribution is -2.34. The zero-order valence-electron chi connectivity index (χ0n) is 16.5. The van der Waals surface area contributed by atoms with Crippen LogP contribution >= 0.6 is 12.2 Å². The first-order valence-electron chi connectivity index (χ1n) is 8.58. The summed E-state index contributed by atoms with van der Waals surface area (Å²) in [6.07, 6.45) is -5.08. The summed E-state index contributed by atoms with van der Waals surface area (Å²) in [5.41, 5.74) is 8.87. The highest BCUT2D eigenvalue weighted by Gasteiger charge is 2.38. The molecule has 0 aliphatic carbocycles. The van der Waals surface area contributed by atoms with E-state index in [4.69, 9.17) is 27.9 Å². The van der Waals surface area contributed by atoms with Crippen molar-refractivity contribution in [2.24, 2.45) is 0 Å². The van der Waals surface area contributed by atoms with Crippen LogP contribution in [-0.2, 0) is 10.2 Å². The van der Waals surface area contributed by atoms with Crippen molar-refractivity contribution in [3.8, 4) is 0 Å². The van der Waals surface area contributed by atoms with Crippen molar-refractivity contribution in [2.45, 2.75) is 32.4 Å². The largest absolute Gasteiger partial charge is 0.490 e. The molecule has 2 rings (SSSR count). The molecule has 162 valence electrons. The van der Waals surface area contributed by atoms with Crippen LogP contribution in [0, 0.1) is 0 Å². The number of anilines is 2. The summed E-state index contributed by atoms with van der Waals surface area (Å²) in [6.45, 7) is 6.40. The van der Waals surface area contributed by atoms with Gasteiger partial charge in [-0.25, -0.2) is 4.79 Å². The minimum Gasteiger partial charge on any atom is -0.475 e. The third kappa shape index (κ3) is 8.48. The molecule has 0 saturated carbocycles. The van der Waals surface area contributed by atoms with Gasteiger partial charge >= 0.3 is 12.1 Å². The number of carboxylic acid groups (broad SMARTS) is 1. The van der Waals surface area contributed by atoms with E-state index in [9.17, 15) is 18.0 Å². The van der Waals surface area contributed by atoms with Crippen LogP contribution in [0.2, 0.25) is 0 Å². The molecule has 0 aromatic heterocycles. The maximum atomic E-state index is 12.2. The minimum atomic E-state index is -5.08. The molecule has 0 unspecified atom stereocenters. The standard InChI is InChI=1S/C18H21N3OS.C2HF3O2/c1-18(2,3)13-6-4-12(5-7-13)16(22)21-17(23)20-15-10-8-14(19)9-11-15;3-2(4,5)1(6)7/h4-11H,19H2,1-3H3,(H2,20,21,22,23);(H,6,7). The number of carboxylic acids is 1. The Morgan fingerprint density at radius 2 is 1.43 bits per heavy atom. The fourth-order valence-electron chi connectivity index (χ4n) is 2.03. The Hall–Kier alpha value is -3.14. The average Bonchev–Trinajstić information content (AvgIpc) is 2.62. The molecule has 0 aliphatic heterocycles. The van der Waals surface area contributed by atoms with Crippen molar-refractivity contribution in [2.75, 3.05) is 11.1 Å². The summed E-state index contributed by atoms with van der Waals surface area (Å²) < 4.78 is 31.7. The number of hydrogen-bond donors (Lipinski definition) is 4. The molecule has 2 aromatic carbocycles. The van der Waals surface area contributed by atoms with Gasteiger partial charge in [-0.15, -0.1) is 0 Å². The number of thiocarbonyl (C=S) groups is 1. The predicted octanol–water partition coefficient (Wildman–Crippen LogP) is 4.33. The van der Waals surface area contributed by atoms with Crippen LogP contribution in [0.1, 0.15) is 36.7 Å². The van der Waals surface area contributed by atoms with E-state index in [1.807, 2.05) is 24.3 Å². The van der Waals surface area contributed by atoms with Crippen molar-refractivity contribution < 1.29 is 27.9 Å². The van der Waals surface area contributed by atoms with E-state index < -0.39 is 12.1 Å². The normalized spacial score (nSPS) is 11.0. The number of nitrogen functional groups attached to an aromatic ring is 1. The number of amides is 1. The monoisotopic (exact) mass is 441 g/mol. The van der Waals surface area contributed by atoms with E-state index in [-0.39, 0.29) is 16.4 Å². The Bertz CT molecular complexity index is 891. The SMILES string of the molecule is CC(C)(C)c1ccc(C(=O)NC(=S)Nc2ccc(N)cc2)cc1.O=C(O)C(F)(F)F. The number of alkyl halides is 3. The second-order valence-electron chi connectivity index (χ2n) is 7.16. The highest BCUT2D eigenvalue weighted by Crippen LogP contribution is 2.22. The van der Waals surface area contributed by atoms with Gasteiger partial charge in [0.1, 0.15) is 0 Å². The Morgan fingerprint density at radius 3 is 1.83 bits per heavy atom. The first kappa shape index (κ1) is 24.9. The van der Waals surface area contributed by atoms with E-state index >= 15 is 0 Å². The number of halogens is 3. The van der Waals surface area contributed by atoms with Crippen molar-refractivity contribution in [3.63, 3.8) is 0 Å². The number of aliphatic carboxylic acids is 1. The number of carbonyl (C=O) groups is 2. The van der Waals surface area contributed by atoms with E-state index in [2.05, 4.69) is 31.4 Å². The molecule has 10 heteroatoms. The van der Waals surface area contributed by atoms with Crippen LogP contribution in [0.5, 0.6) is 0 Å². The van der Waals surface area contributed by atoms with Gasteiger partial charge in [-0.1, -0.05) is 32.9 Å². The van der Waals surface area contributed by atoms with Crippen LogP contribution < -0.4 is 16.4 Å². The van der Waals surface area contributed by atoms with Crippen LogP contribution in [0.4, 0.5) is 24.5 Å². The van der Waals surface area contributed by atoms with Crippen LogP contribution in [-0.4, -0.2) is 28.3 Å². The fourth-order valence-corrected chi connectivity index (χ4v) is 2.24. The van der Waals surface area contributed by atoms with Gasteiger partial charge < -0.3 is 16.2 Å². The lowest BCUT2D eigenvalue weighted by molar-refractivity contribution is -0.192. The van der Waals surface area contributed by atoms with Crippen LogP contribution in [0.15, 0.2) is 48.5 Å². The van der Waals surface area contributed by atoms with Gasteiger partial charge in [0.25, 0.3) is 5.91 Å². The van der Waals surface area contributed by atoms with Gasteiger partial charge in [0.2, 0.25) is 0 Å². The number of rotatable bonds is 2. The Labute approximate surface area is 177 Å². The maximum Gasteiger partial charge on any atom is 0.490 e. The molecule has 30 heavy (non-hydrogen) atoms. The third-order valence-electron chi connectivity index (χ3n) is 3.65. The lowest BCUT2D eigenvalue weighted by atomic mass is 9.87. The van der Waals surface area contributed by atoms with Gasteiger partial charge in [0.05, 0.1) is 0 Å². The lowest BCUT2D eigenvalue weighted by Gasteiger charge is -2.19. The molecule has 5 N–H and O–H groups in total. The molecule has 0 atom stereocenters. The predicted molar refractivity (Wildman–Crippen MR) is 113 cm³/mol.